The number of imidazole rings is 1. The first-order chi connectivity index (χ1) is 10.8. The van der Waals surface area contributed by atoms with E-state index in [0.717, 1.165) is 29.8 Å². The molecule has 2 aliphatic rings. The van der Waals surface area contributed by atoms with E-state index < -0.39 is 0 Å². The van der Waals surface area contributed by atoms with Gasteiger partial charge in [-0.3, -0.25) is 0 Å². The largest absolute Gasteiger partial charge is 0.396 e. The Labute approximate surface area is 128 Å². The molecule has 0 aliphatic heterocycles. The summed E-state index contributed by atoms with van der Waals surface area (Å²) >= 11 is 0. The zero-order valence-corrected chi connectivity index (χ0v) is 12.4. The van der Waals surface area contributed by atoms with Crippen LogP contribution in [0.4, 0.5) is 5.82 Å². The number of aromatic nitrogens is 4. The monoisotopic (exact) mass is 303 g/mol. The lowest BCUT2D eigenvalue weighted by Crippen LogP contribution is -2.15. The van der Waals surface area contributed by atoms with Gasteiger partial charge in [-0.2, -0.15) is 0 Å². The fourth-order valence-electron chi connectivity index (χ4n) is 3.50. The summed E-state index contributed by atoms with van der Waals surface area (Å²) in [7, 11) is 0. The van der Waals surface area contributed by atoms with Crippen LogP contribution in [0.15, 0.2) is 12.7 Å². The van der Waals surface area contributed by atoms with Crippen molar-refractivity contribution in [2.75, 3.05) is 18.5 Å². The number of anilines is 1. The second-order valence-corrected chi connectivity index (χ2v) is 6.48. The molecule has 22 heavy (non-hydrogen) atoms. The Morgan fingerprint density at radius 2 is 1.82 bits per heavy atom. The molecule has 7 nitrogen and oxygen atoms in total. The van der Waals surface area contributed by atoms with E-state index in [1.807, 2.05) is 6.33 Å². The molecule has 0 radical (unpaired) electrons. The van der Waals surface area contributed by atoms with Crippen LogP contribution in [0.1, 0.15) is 31.7 Å². The van der Waals surface area contributed by atoms with Gasteiger partial charge in [0.1, 0.15) is 11.8 Å². The third kappa shape index (κ3) is 2.34. The Morgan fingerprint density at radius 3 is 2.45 bits per heavy atom. The second-order valence-electron chi connectivity index (χ2n) is 6.48. The minimum absolute atomic E-state index is 0.123. The summed E-state index contributed by atoms with van der Waals surface area (Å²) in [6.45, 7) is 0.246. The van der Waals surface area contributed by atoms with E-state index in [4.69, 9.17) is 0 Å². The predicted octanol–water partition coefficient (Wildman–Crippen LogP) is 0.952. The molecule has 2 aromatic heterocycles. The second kappa shape index (κ2) is 5.48. The number of hydrogen-bond acceptors (Lipinski definition) is 6. The lowest BCUT2D eigenvalue weighted by Gasteiger charge is -2.12. The Balaban J connectivity index is 1.65. The van der Waals surface area contributed by atoms with Crippen LogP contribution in [0.3, 0.4) is 0 Å². The van der Waals surface area contributed by atoms with Crippen molar-refractivity contribution in [3.63, 3.8) is 0 Å². The maximum atomic E-state index is 9.47. The summed E-state index contributed by atoms with van der Waals surface area (Å²) in [6.07, 6.45) is 7.46. The fraction of sp³-hybridized carbons (Fsp3) is 0.667. The molecular weight excluding hydrogens is 282 g/mol. The molecule has 0 spiro atoms. The van der Waals surface area contributed by atoms with Gasteiger partial charge < -0.3 is 20.1 Å². The molecule has 4 rings (SSSR count). The van der Waals surface area contributed by atoms with Crippen molar-refractivity contribution in [3.8, 4) is 0 Å². The molecule has 0 aromatic carbocycles. The first-order valence-electron chi connectivity index (χ1n) is 7.96. The van der Waals surface area contributed by atoms with Crippen molar-refractivity contribution in [3.05, 3.63) is 12.7 Å². The number of fused-ring (bicyclic) bond motifs is 1. The third-order valence-electron chi connectivity index (χ3n) is 4.96. The molecule has 3 N–H and O–H groups in total. The maximum Gasteiger partial charge on any atom is 0.165 e. The molecule has 0 saturated heterocycles. The van der Waals surface area contributed by atoms with Crippen LogP contribution in [-0.4, -0.2) is 49.0 Å². The molecule has 2 saturated carbocycles. The number of nitrogens with one attached hydrogen (secondary N) is 1. The average molecular weight is 303 g/mol. The van der Waals surface area contributed by atoms with Crippen molar-refractivity contribution in [1.82, 2.24) is 19.5 Å². The first-order valence-corrected chi connectivity index (χ1v) is 7.96. The number of hydrogen-bond donors (Lipinski definition) is 3. The highest BCUT2D eigenvalue weighted by atomic mass is 16.3. The molecule has 0 amide bonds. The van der Waals surface area contributed by atoms with Gasteiger partial charge in [-0.25, -0.2) is 15.0 Å². The van der Waals surface area contributed by atoms with Crippen molar-refractivity contribution in [2.24, 2.45) is 11.8 Å². The number of rotatable bonds is 5. The zero-order chi connectivity index (χ0) is 15.1. The van der Waals surface area contributed by atoms with Crippen LogP contribution in [0.5, 0.6) is 0 Å². The van der Waals surface area contributed by atoms with Crippen LogP contribution in [0, 0.1) is 11.8 Å². The van der Waals surface area contributed by atoms with Crippen molar-refractivity contribution >= 4 is 17.0 Å². The topological polar surface area (TPSA) is 96.1 Å². The van der Waals surface area contributed by atoms with Crippen molar-refractivity contribution < 1.29 is 10.2 Å². The molecule has 2 atom stereocenters. The van der Waals surface area contributed by atoms with Crippen LogP contribution < -0.4 is 5.32 Å². The summed E-state index contributed by atoms with van der Waals surface area (Å²) in [5.74, 6) is 1.11. The lowest BCUT2D eigenvalue weighted by atomic mass is 9.98. The van der Waals surface area contributed by atoms with Gasteiger partial charge in [-0.05, 0) is 37.5 Å². The van der Waals surface area contributed by atoms with Gasteiger partial charge in [0, 0.05) is 25.3 Å². The number of nitrogens with zero attached hydrogens (tertiary/aromatic N) is 4. The van der Waals surface area contributed by atoms with Gasteiger partial charge >= 0.3 is 0 Å². The Bertz CT molecular complexity index is 657. The molecule has 7 heteroatoms. The number of aliphatic hydroxyl groups is 2. The summed E-state index contributed by atoms with van der Waals surface area (Å²) in [5.41, 5.74) is 1.64. The minimum Gasteiger partial charge on any atom is -0.396 e. The normalized spacial score (nSPS) is 25.9. The fourth-order valence-corrected chi connectivity index (χ4v) is 3.50. The maximum absolute atomic E-state index is 9.47. The molecule has 0 unspecified atom stereocenters. The van der Waals surface area contributed by atoms with E-state index in [2.05, 4.69) is 24.8 Å². The Hall–Kier alpha value is -1.73. The average Bonchev–Trinajstić information content (AvgIpc) is 3.10. The van der Waals surface area contributed by atoms with Gasteiger partial charge in [-0.15, -0.1) is 0 Å². The van der Waals surface area contributed by atoms with Crippen LogP contribution in [-0.2, 0) is 0 Å². The minimum atomic E-state index is 0.123. The molecule has 118 valence electrons. The first kappa shape index (κ1) is 13.9. The summed E-state index contributed by atoms with van der Waals surface area (Å²) in [6, 6.07) is 0.746. The van der Waals surface area contributed by atoms with E-state index in [-0.39, 0.29) is 31.1 Å². The van der Waals surface area contributed by atoms with Gasteiger partial charge in [0.15, 0.2) is 11.5 Å². The highest BCUT2D eigenvalue weighted by molar-refractivity contribution is 5.83. The SMILES string of the molecule is OC[C@H]1CC(n2cnc3c(NC4CC4)ncnc32)C[C@@H]1CO. The molecule has 0 bridgehead atoms. The van der Waals surface area contributed by atoms with E-state index >= 15 is 0 Å². The highest BCUT2D eigenvalue weighted by Gasteiger charge is 2.35. The van der Waals surface area contributed by atoms with Gasteiger partial charge in [0.2, 0.25) is 0 Å². The lowest BCUT2D eigenvalue weighted by molar-refractivity contribution is 0.141. The van der Waals surface area contributed by atoms with Gasteiger partial charge in [-0.1, -0.05) is 0 Å². The summed E-state index contributed by atoms with van der Waals surface area (Å²) in [4.78, 5) is 13.2. The van der Waals surface area contributed by atoms with E-state index in [9.17, 15) is 10.2 Å². The molecular formula is C15H21N5O2. The molecule has 2 fully saturated rings. The van der Waals surface area contributed by atoms with Gasteiger partial charge in [0.05, 0.1) is 6.33 Å². The van der Waals surface area contributed by atoms with Crippen LogP contribution >= 0.6 is 0 Å². The quantitative estimate of drug-likeness (QED) is 0.761. The van der Waals surface area contributed by atoms with Crippen LogP contribution in [0.25, 0.3) is 11.2 Å². The number of aliphatic hydroxyl groups excluding tert-OH is 2. The van der Waals surface area contributed by atoms with Crippen LogP contribution in [0.2, 0.25) is 0 Å². The Kier molecular flexibility index (Phi) is 3.46. The smallest absolute Gasteiger partial charge is 0.165 e. The molecule has 2 aliphatic carbocycles. The standard InChI is InChI=1S/C15H21N5O2/c21-5-9-3-12(4-10(9)6-22)20-8-18-13-14(19-11-1-2-11)16-7-17-15(13)20/h7-12,21-22H,1-6H2,(H,16,17,19)/t9-,10-/m1/s1. The zero-order valence-electron chi connectivity index (χ0n) is 12.4. The van der Waals surface area contributed by atoms with E-state index in [1.54, 1.807) is 6.33 Å². The molecule has 2 heterocycles. The van der Waals surface area contributed by atoms with E-state index in [1.165, 1.54) is 12.8 Å². The van der Waals surface area contributed by atoms with Crippen molar-refractivity contribution in [2.45, 2.75) is 37.8 Å². The Morgan fingerprint density at radius 1 is 1.09 bits per heavy atom. The van der Waals surface area contributed by atoms with Gasteiger partial charge in [0.25, 0.3) is 0 Å². The molecule has 2 aromatic rings. The summed E-state index contributed by atoms with van der Waals surface area (Å²) < 4.78 is 2.08. The van der Waals surface area contributed by atoms with Crippen molar-refractivity contribution in [1.29, 1.82) is 0 Å². The highest BCUT2D eigenvalue weighted by Crippen LogP contribution is 2.40. The van der Waals surface area contributed by atoms with E-state index in [0.29, 0.717) is 6.04 Å². The summed E-state index contributed by atoms with van der Waals surface area (Å²) in [5, 5.41) is 22.3. The third-order valence-corrected chi connectivity index (χ3v) is 4.96. The predicted molar refractivity (Wildman–Crippen MR) is 81.4 cm³/mol.